The van der Waals surface area contributed by atoms with Crippen molar-refractivity contribution in [2.24, 2.45) is 11.8 Å². The summed E-state index contributed by atoms with van der Waals surface area (Å²) >= 11 is 0. The van der Waals surface area contributed by atoms with Gasteiger partial charge in [-0.2, -0.15) is 0 Å². The molecule has 20 heavy (non-hydrogen) atoms. The maximum atomic E-state index is 12.0. The lowest BCUT2D eigenvalue weighted by Crippen LogP contribution is -2.13. The van der Waals surface area contributed by atoms with Crippen LogP contribution in [0.15, 0.2) is 0 Å². The maximum Gasteiger partial charge on any atom is 0.697 e. The minimum absolute atomic E-state index is 0.0589. The van der Waals surface area contributed by atoms with Gasteiger partial charge in [0.05, 0.1) is 0 Å². The summed E-state index contributed by atoms with van der Waals surface area (Å²) in [6.07, 6.45) is 6.02. The highest BCUT2D eigenvalue weighted by molar-refractivity contribution is 7.33. The number of rotatable bonds is 12. The standard InChI is InChI=1S/C16H34O3P/c1-7-15(11-9-13(3)4)18-20(17)19-16(8-2)12-10-14(5)6/h13-16H,7-12H2,1-6H3/q+1/t15-,16-/m0/s1. The molecule has 0 rings (SSSR count). The highest BCUT2D eigenvalue weighted by atomic mass is 31.1. The number of hydrogen-bond acceptors (Lipinski definition) is 3. The van der Waals surface area contributed by atoms with Crippen LogP contribution in [0.1, 0.15) is 80.1 Å². The van der Waals surface area contributed by atoms with Gasteiger partial charge in [-0.15, -0.1) is 9.05 Å². The molecule has 0 saturated heterocycles. The van der Waals surface area contributed by atoms with E-state index in [-0.39, 0.29) is 12.2 Å². The van der Waals surface area contributed by atoms with Crippen molar-refractivity contribution in [2.75, 3.05) is 0 Å². The van der Waals surface area contributed by atoms with Crippen molar-refractivity contribution in [1.82, 2.24) is 0 Å². The third kappa shape index (κ3) is 10.8. The lowest BCUT2D eigenvalue weighted by atomic mass is 10.0. The summed E-state index contributed by atoms with van der Waals surface area (Å²) in [7, 11) is -1.98. The fourth-order valence-corrected chi connectivity index (χ4v) is 3.01. The summed E-state index contributed by atoms with van der Waals surface area (Å²) in [6.45, 7) is 12.9. The molecular weight excluding hydrogens is 271 g/mol. The van der Waals surface area contributed by atoms with Crippen LogP contribution in [0, 0.1) is 11.8 Å². The lowest BCUT2D eigenvalue weighted by Gasteiger charge is -2.12. The van der Waals surface area contributed by atoms with Crippen LogP contribution >= 0.6 is 8.25 Å². The first-order valence-corrected chi connectivity index (χ1v) is 9.29. The zero-order valence-electron chi connectivity index (χ0n) is 14.2. The minimum Gasteiger partial charge on any atom is -0.116 e. The molecule has 0 aromatic heterocycles. The van der Waals surface area contributed by atoms with Gasteiger partial charge in [0.2, 0.25) is 0 Å². The predicted molar refractivity (Wildman–Crippen MR) is 86.1 cm³/mol. The molecule has 0 bridgehead atoms. The Kier molecular flexibility index (Phi) is 11.7. The van der Waals surface area contributed by atoms with Crippen molar-refractivity contribution in [3.05, 3.63) is 0 Å². The minimum atomic E-state index is -1.98. The first-order valence-electron chi connectivity index (χ1n) is 8.19. The lowest BCUT2D eigenvalue weighted by molar-refractivity contribution is 0.111. The fourth-order valence-electron chi connectivity index (χ4n) is 1.97. The van der Waals surface area contributed by atoms with E-state index < -0.39 is 8.25 Å². The Balaban J connectivity index is 4.08. The molecule has 0 spiro atoms. The molecular formula is C16H34O3P+. The molecule has 0 heterocycles. The summed E-state index contributed by atoms with van der Waals surface area (Å²) < 4.78 is 23.1. The van der Waals surface area contributed by atoms with Crippen molar-refractivity contribution in [3.8, 4) is 0 Å². The monoisotopic (exact) mass is 305 g/mol. The largest absolute Gasteiger partial charge is 0.697 e. The molecule has 0 fully saturated rings. The van der Waals surface area contributed by atoms with Gasteiger partial charge >= 0.3 is 8.25 Å². The van der Waals surface area contributed by atoms with Gasteiger partial charge in [-0.05, 0) is 50.4 Å². The van der Waals surface area contributed by atoms with Gasteiger partial charge in [0.25, 0.3) is 0 Å². The van der Waals surface area contributed by atoms with E-state index in [2.05, 4.69) is 41.5 Å². The van der Waals surface area contributed by atoms with Crippen molar-refractivity contribution >= 4 is 8.25 Å². The molecule has 0 saturated carbocycles. The summed E-state index contributed by atoms with van der Waals surface area (Å²) in [6, 6.07) is 0. The molecule has 0 N–H and O–H groups in total. The number of hydrogen-bond donors (Lipinski definition) is 0. The van der Waals surface area contributed by atoms with Gasteiger partial charge in [-0.1, -0.05) is 41.5 Å². The smallest absolute Gasteiger partial charge is 0.116 e. The Labute approximate surface area is 126 Å². The molecule has 120 valence electrons. The second-order valence-electron chi connectivity index (χ2n) is 6.44. The third-order valence-corrected chi connectivity index (χ3v) is 4.45. The van der Waals surface area contributed by atoms with Crippen LogP contribution in [0.2, 0.25) is 0 Å². The van der Waals surface area contributed by atoms with E-state index in [1.54, 1.807) is 0 Å². The molecule has 3 nitrogen and oxygen atoms in total. The molecule has 0 aliphatic carbocycles. The van der Waals surface area contributed by atoms with Crippen molar-refractivity contribution < 1.29 is 13.6 Å². The fraction of sp³-hybridized carbons (Fsp3) is 1.00. The Morgan fingerprint density at radius 1 is 0.750 bits per heavy atom. The molecule has 2 atom stereocenters. The normalized spacial score (nSPS) is 14.8. The van der Waals surface area contributed by atoms with E-state index in [0.29, 0.717) is 11.8 Å². The van der Waals surface area contributed by atoms with E-state index in [1.807, 2.05) is 0 Å². The topological polar surface area (TPSA) is 35.5 Å². The van der Waals surface area contributed by atoms with Crippen molar-refractivity contribution in [2.45, 2.75) is 92.3 Å². The zero-order chi connectivity index (χ0) is 15.5. The summed E-state index contributed by atoms with van der Waals surface area (Å²) in [4.78, 5) is 0. The van der Waals surface area contributed by atoms with Crippen molar-refractivity contribution in [1.29, 1.82) is 0 Å². The molecule has 0 amide bonds. The van der Waals surface area contributed by atoms with Crippen LogP contribution in [0.5, 0.6) is 0 Å². The van der Waals surface area contributed by atoms with E-state index >= 15 is 0 Å². The molecule has 0 aliphatic heterocycles. The van der Waals surface area contributed by atoms with Gasteiger partial charge in [-0.25, -0.2) is 0 Å². The van der Waals surface area contributed by atoms with Crippen LogP contribution in [0.3, 0.4) is 0 Å². The highest BCUT2D eigenvalue weighted by Gasteiger charge is 2.30. The Morgan fingerprint density at radius 2 is 1.10 bits per heavy atom. The molecule has 0 aromatic rings. The first kappa shape index (κ1) is 20.0. The highest BCUT2D eigenvalue weighted by Crippen LogP contribution is 2.33. The van der Waals surface area contributed by atoms with E-state index in [4.69, 9.17) is 9.05 Å². The maximum absolute atomic E-state index is 12.0. The Morgan fingerprint density at radius 3 is 1.35 bits per heavy atom. The SMILES string of the molecule is CC[C@@H](CCC(C)C)O[P+](=O)O[C@@H](CC)CCC(C)C. The zero-order valence-corrected chi connectivity index (χ0v) is 15.1. The molecule has 0 unspecified atom stereocenters. The third-order valence-electron chi connectivity index (χ3n) is 3.51. The Hall–Kier alpha value is 0.0200. The predicted octanol–water partition coefficient (Wildman–Crippen LogP) is 6.11. The average Bonchev–Trinajstić information content (AvgIpc) is 2.38. The van der Waals surface area contributed by atoms with Crippen LogP contribution in [0.25, 0.3) is 0 Å². The van der Waals surface area contributed by atoms with E-state index in [1.165, 1.54) is 0 Å². The molecule has 0 aliphatic rings. The van der Waals surface area contributed by atoms with E-state index in [9.17, 15) is 4.57 Å². The molecule has 0 radical (unpaired) electrons. The van der Waals surface area contributed by atoms with Gasteiger partial charge in [0.1, 0.15) is 12.2 Å². The second-order valence-corrected chi connectivity index (χ2v) is 7.31. The summed E-state index contributed by atoms with van der Waals surface area (Å²) in [5.74, 6) is 1.31. The van der Waals surface area contributed by atoms with E-state index in [0.717, 1.165) is 38.5 Å². The first-order chi connectivity index (χ1) is 9.38. The van der Waals surface area contributed by atoms with Crippen LogP contribution < -0.4 is 0 Å². The summed E-state index contributed by atoms with van der Waals surface area (Å²) in [5.41, 5.74) is 0. The van der Waals surface area contributed by atoms with Crippen LogP contribution in [-0.2, 0) is 13.6 Å². The summed E-state index contributed by atoms with van der Waals surface area (Å²) in [5, 5.41) is 0. The van der Waals surface area contributed by atoms with Gasteiger partial charge < -0.3 is 0 Å². The van der Waals surface area contributed by atoms with Crippen LogP contribution in [-0.4, -0.2) is 12.2 Å². The van der Waals surface area contributed by atoms with Gasteiger partial charge in [0.15, 0.2) is 0 Å². The Bertz CT molecular complexity index is 230. The van der Waals surface area contributed by atoms with Crippen molar-refractivity contribution in [3.63, 3.8) is 0 Å². The molecule has 0 aromatic carbocycles. The average molecular weight is 305 g/mol. The molecule has 4 heteroatoms. The van der Waals surface area contributed by atoms with Gasteiger partial charge in [-0.3, -0.25) is 0 Å². The second kappa shape index (κ2) is 11.7. The van der Waals surface area contributed by atoms with Gasteiger partial charge in [0, 0.05) is 4.57 Å². The van der Waals surface area contributed by atoms with Crippen LogP contribution in [0.4, 0.5) is 0 Å². The quantitative estimate of drug-likeness (QED) is 0.408.